The molecule has 0 aliphatic carbocycles. The number of aryl methyl sites for hydroxylation is 1. The van der Waals surface area contributed by atoms with Gasteiger partial charge in [-0.25, -0.2) is 4.79 Å². The van der Waals surface area contributed by atoms with E-state index in [1.54, 1.807) is 18.7 Å². The SMILES string of the molecule is CC.CC1(S)OCC(CCc2ccc(CSCSCSO)cc2)(NC(=O)OC(S)(S)S)CO1. The van der Waals surface area contributed by atoms with Crippen LogP contribution in [0.1, 0.15) is 38.3 Å². The zero-order valence-corrected chi connectivity index (χ0v) is 24.9. The molecule has 1 saturated heterocycles. The van der Waals surface area contributed by atoms with Gasteiger partial charge < -0.3 is 24.1 Å². The van der Waals surface area contributed by atoms with E-state index in [9.17, 15) is 4.79 Å². The molecule has 1 heterocycles. The molecule has 33 heavy (non-hydrogen) atoms. The quantitative estimate of drug-likeness (QED) is 0.0781. The van der Waals surface area contributed by atoms with E-state index in [0.29, 0.717) is 17.9 Å². The van der Waals surface area contributed by atoms with E-state index in [0.717, 1.165) is 28.4 Å². The van der Waals surface area contributed by atoms with E-state index >= 15 is 0 Å². The van der Waals surface area contributed by atoms with Crippen LogP contribution in [0.2, 0.25) is 0 Å². The second-order valence-electron chi connectivity index (χ2n) is 7.08. The Morgan fingerprint density at radius 3 is 2.24 bits per heavy atom. The number of alkyl carbamates (subject to hydrolysis) is 1. The fourth-order valence-corrected chi connectivity index (χ4v) is 5.54. The predicted molar refractivity (Wildman–Crippen MR) is 156 cm³/mol. The van der Waals surface area contributed by atoms with Crippen LogP contribution < -0.4 is 5.32 Å². The molecule has 1 aliphatic heterocycles. The Hall–Kier alpha value is 0.820. The highest BCUT2D eigenvalue weighted by molar-refractivity contribution is 8.21. The van der Waals surface area contributed by atoms with Crippen LogP contribution >= 0.6 is 86.1 Å². The van der Waals surface area contributed by atoms with E-state index in [2.05, 4.69) is 80.1 Å². The van der Waals surface area contributed by atoms with Gasteiger partial charge in [0.05, 0.1) is 23.8 Å². The first kappa shape index (κ1) is 31.8. The summed E-state index contributed by atoms with van der Waals surface area (Å²) in [6.45, 7) is 6.15. The van der Waals surface area contributed by atoms with Crippen LogP contribution in [0.25, 0.3) is 0 Å². The Kier molecular flexibility index (Phi) is 15.3. The van der Waals surface area contributed by atoms with Gasteiger partial charge in [0.2, 0.25) is 8.72 Å². The van der Waals surface area contributed by atoms with E-state index < -0.39 is 20.3 Å². The second-order valence-corrected chi connectivity index (χ2v) is 14.1. The van der Waals surface area contributed by atoms with E-state index in [1.165, 1.54) is 5.56 Å². The largest absolute Gasteiger partial charge is 0.413 e. The molecule has 0 atom stereocenters. The topological polar surface area (TPSA) is 77.0 Å². The highest BCUT2D eigenvalue weighted by atomic mass is 32.2. The average Bonchev–Trinajstić information content (AvgIpc) is 2.75. The van der Waals surface area contributed by atoms with Crippen molar-refractivity contribution in [1.82, 2.24) is 5.32 Å². The van der Waals surface area contributed by atoms with Gasteiger partial charge in [-0.2, -0.15) is 0 Å². The van der Waals surface area contributed by atoms with Crippen molar-refractivity contribution in [3.63, 3.8) is 0 Å². The van der Waals surface area contributed by atoms with Crippen molar-refractivity contribution >= 4 is 92.2 Å². The predicted octanol–water partition coefficient (Wildman–Crippen LogP) is 6.25. The van der Waals surface area contributed by atoms with Crippen molar-refractivity contribution < 1.29 is 23.6 Å². The van der Waals surface area contributed by atoms with Crippen LogP contribution in [0, 0.1) is 0 Å². The summed E-state index contributed by atoms with van der Waals surface area (Å²) in [5.41, 5.74) is 1.60. The highest BCUT2D eigenvalue weighted by Crippen LogP contribution is 2.31. The molecular weight excluding hydrogens is 559 g/mol. The fourth-order valence-electron chi connectivity index (χ4n) is 2.75. The number of carbonyl (C=O) groups excluding carboxylic acids is 1. The Morgan fingerprint density at radius 2 is 1.70 bits per heavy atom. The van der Waals surface area contributed by atoms with Gasteiger partial charge in [0.25, 0.3) is 0 Å². The molecule has 6 nitrogen and oxygen atoms in total. The standard InChI is InChI=1S/C18H27NO5S7.C2H6/c1-16(25)22-9-17(10-23-16,19-15(20)24-18(26,27)28)7-6-13-2-4-14(5-3-13)8-29-11-30-12-31-21;1-2/h2-5,21,25-28H,6-12H2,1H3,(H,19,20);1-2H3. The monoisotopic (exact) mass is 591 g/mol. The molecule has 0 aromatic heterocycles. The Morgan fingerprint density at radius 1 is 1.12 bits per heavy atom. The highest BCUT2D eigenvalue weighted by Gasteiger charge is 2.42. The number of carbonyl (C=O) groups is 1. The van der Waals surface area contributed by atoms with Crippen molar-refractivity contribution in [1.29, 1.82) is 0 Å². The lowest BCUT2D eigenvalue weighted by atomic mass is 9.92. The first-order valence-electron chi connectivity index (χ1n) is 10.2. The van der Waals surface area contributed by atoms with Gasteiger partial charge in [-0.15, -0.1) is 74.0 Å². The zero-order chi connectivity index (χ0) is 25.0. The third-order valence-electron chi connectivity index (χ3n) is 4.32. The molecular formula is C20H33NO5S7. The molecule has 0 saturated carbocycles. The molecule has 1 aromatic carbocycles. The van der Waals surface area contributed by atoms with Crippen molar-refractivity contribution in [2.75, 3.05) is 23.4 Å². The van der Waals surface area contributed by atoms with E-state index in [1.807, 2.05) is 25.6 Å². The third kappa shape index (κ3) is 13.6. The first-order chi connectivity index (χ1) is 15.5. The molecule has 0 unspecified atom stereocenters. The molecule has 0 bridgehead atoms. The lowest BCUT2D eigenvalue weighted by Gasteiger charge is -2.43. The molecule has 0 radical (unpaired) electrons. The number of hydrogen-bond donors (Lipinski definition) is 6. The Labute approximate surface area is 232 Å². The molecule has 2 N–H and O–H groups in total. The van der Waals surface area contributed by atoms with Gasteiger partial charge >= 0.3 is 6.09 Å². The van der Waals surface area contributed by atoms with Crippen LogP contribution in [0.5, 0.6) is 0 Å². The molecule has 2 rings (SSSR count). The summed E-state index contributed by atoms with van der Waals surface area (Å²) in [6.07, 6.45) is 0.578. The summed E-state index contributed by atoms with van der Waals surface area (Å²) in [6, 6.07) is 8.40. The summed E-state index contributed by atoms with van der Waals surface area (Å²) < 4.78 is 23.6. The van der Waals surface area contributed by atoms with Crippen LogP contribution in [0.4, 0.5) is 4.79 Å². The first-order valence-corrected chi connectivity index (χ1v) is 15.2. The molecule has 190 valence electrons. The average molecular weight is 592 g/mol. The van der Waals surface area contributed by atoms with Crippen molar-refractivity contribution in [3.8, 4) is 0 Å². The number of ether oxygens (including phenoxy) is 3. The Balaban J connectivity index is 0.00000265. The van der Waals surface area contributed by atoms with Gasteiger partial charge in [0, 0.05) is 10.8 Å². The molecule has 0 spiro atoms. The minimum Gasteiger partial charge on any atom is -0.413 e. The lowest BCUT2D eigenvalue weighted by Crippen LogP contribution is -2.61. The summed E-state index contributed by atoms with van der Waals surface area (Å²) in [4.78, 5) is 12.3. The van der Waals surface area contributed by atoms with Crippen molar-refractivity contribution in [3.05, 3.63) is 35.4 Å². The van der Waals surface area contributed by atoms with Crippen molar-refractivity contribution in [2.45, 2.75) is 53.6 Å². The molecule has 1 amide bonds. The molecule has 1 aliphatic rings. The van der Waals surface area contributed by atoms with Crippen LogP contribution in [0.15, 0.2) is 24.3 Å². The summed E-state index contributed by atoms with van der Waals surface area (Å²) in [5.74, 6) is 0.919. The van der Waals surface area contributed by atoms with Gasteiger partial charge in [-0.3, -0.25) is 0 Å². The van der Waals surface area contributed by atoms with Crippen LogP contribution in [-0.2, 0) is 26.4 Å². The number of nitrogens with one attached hydrogen (secondary N) is 1. The number of hydrogen-bond acceptors (Lipinski definition) is 12. The van der Waals surface area contributed by atoms with Gasteiger partial charge in [0.15, 0.2) is 0 Å². The maximum Gasteiger partial charge on any atom is 0.410 e. The lowest BCUT2D eigenvalue weighted by molar-refractivity contribution is -0.225. The summed E-state index contributed by atoms with van der Waals surface area (Å²) in [7, 11) is 0. The summed E-state index contributed by atoms with van der Waals surface area (Å²) >= 11 is 20.6. The normalized spacial score (nSPS) is 22.8. The maximum atomic E-state index is 12.3. The molecule has 1 fully saturated rings. The third-order valence-corrected chi connectivity index (χ3v) is 7.81. The van der Waals surface area contributed by atoms with Crippen molar-refractivity contribution in [2.24, 2.45) is 0 Å². The fraction of sp³-hybridized carbons (Fsp3) is 0.650. The van der Waals surface area contributed by atoms with Gasteiger partial charge in [0.1, 0.15) is 0 Å². The van der Waals surface area contributed by atoms with Gasteiger partial charge in [-0.05, 0) is 42.9 Å². The number of benzene rings is 1. The zero-order valence-electron chi connectivity index (χ0n) is 18.9. The maximum absolute atomic E-state index is 12.3. The van der Waals surface area contributed by atoms with Gasteiger partial charge in [-0.1, -0.05) is 38.1 Å². The summed E-state index contributed by atoms with van der Waals surface area (Å²) in [5, 5.41) is 3.45. The number of rotatable bonds is 11. The Bertz CT molecular complexity index is 691. The number of thioether (sulfide) groups is 2. The van der Waals surface area contributed by atoms with E-state index in [-0.39, 0.29) is 13.2 Å². The molecule has 13 heteroatoms. The number of thiol groups is 4. The number of amides is 1. The smallest absolute Gasteiger partial charge is 0.410 e. The minimum absolute atomic E-state index is 0.222. The van der Waals surface area contributed by atoms with E-state index in [4.69, 9.17) is 18.8 Å². The minimum atomic E-state index is -1.50. The van der Waals surface area contributed by atoms with Crippen LogP contribution in [0.3, 0.4) is 0 Å². The second kappa shape index (κ2) is 15.8. The molecule has 1 aromatic rings. The van der Waals surface area contributed by atoms with Crippen LogP contribution in [-0.4, -0.2) is 48.3 Å².